The summed E-state index contributed by atoms with van der Waals surface area (Å²) in [5.74, 6) is 2.01. The van der Waals surface area contributed by atoms with Gasteiger partial charge in [-0.05, 0) is 85.6 Å². The Morgan fingerprint density at radius 3 is 1.71 bits per heavy atom. The van der Waals surface area contributed by atoms with Crippen molar-refractivity contribution < 1.29 is 30.4 Å². The number of ether oxygens (including phenoxy) is 1. The van der Waals surface area contributed by atoms with Gasteiger partial charge < -0.3 is 13.9 Å². The molecule has 348 valence electrons. The summed E-state index contributed by atoms with van der Waals surface area (Å²) in [5, 5.41) is 2.27. The molecule has 0 N–H and O–H groups in total. The number of rotatable bonds is 11. The molecule has 0 saturated carbocycles. The van der Waals surface area contributed by atoms with Crippen molar-refractivity contribution in [2.45, 2.75) is 84.0 Å². The van der Waals surface area contributed by atoms with Gasteiger partial charge in [0.1, 0.15) is 5.82 Å². The molecule has 6 heteroatoms. The SMILES string of the molecule is CC(C)(C)c1ccnc(-n2c3[c-]c(Oc4[c-]c(-n5[c-][n+](-c6cc(C(C)(C)c7ccccc7)cc(C(C)(C)c7ccccc7)c6)cc5)ccc4)cc(C(C)(C)c4ccccc4)c3c3ccccc32)c1.[Pt]. The molecule has 7 aromatic carbocycles. The number of nitrogens with zero attached hydrogens (tertiary/aromatic N) is 4. The molecular weight excluding hydrogens is 1020 g/mol. The number of para-hydroxylation sites is 1. The molecule has 0 fully saturated rings. The maximum Gasteiger partial charge on any atom is 0.267 e. The van der Waals surface area contributed by atoms with Crippen molar-refractivity contribution in [3.05, 3.63) is 246 Å². The molecule has 69 heavy (non-hydrogen) atoms. The molecule has 0 aliphatic carbocycles. The van der Waals surface area contributed by atoms with Gasteiger partial charge >= 0.3 is 0 Å². The number of imidazole rings is 1. The molecule has 0 bridgehead atoms. The molecule has 0 amide bonds. The normalized spacial score (nSPS) is 12.3. The van der Waals surface area contributed by atoms with Crippen LogP contribution in [0.15, 0.2) is 188 Å². The molecule has 0 aliphatic heterocycles. The third kappa shape index (κ3) is 8.90. The van der Waals surface area contributed by atoms with Crippen LogP contribution in [-0.4, -0.2) is 14.1 Å². The monoisotopic (exact) mass is 1080 g/mol. The molecule has 5 nitrogen and oxygen atoms in total. The average Bonchev–Trinajstić information content (AvgIpc) is 3.98. The van der Waals surface area contributed by atoms with E-state index in [2.05, 4.69) is 248 Å². The average molecular weight is 1080 g/mol. The van der Waals surface area contributed by atoms with Gasteiger partial charge in [-0.2, -0.15) is 12.1 Å². The number of fused-ring (bicyclic) bond motifs is 3. The predicted octanol–water partition coefficient (Wildman–Crippen LogP) is 14.7. The molecule has 0 aliphatic rings. The summed E-state index contributed by atoms with van der Waals surface area (Å²) in [5.41, 5.74) is 11.4. The molecule has 10 aromatic rings. The van der Waals surface area contributed by atoms with E-state index in [-0.39, 0.29) is 37.3 Å². The molecule has 0 atom stereocenters. The maximum absolute atomic E-state index is 6.89. The van der Waals surface area contributed by atoms with Crippen molar-refractivity contribution in [1.29, 1.82) is 0 Å². The van der Waals surface area contributed by atoms with Crippen LogP contribution in [-0.2, 0) is 42.7 Å². The first kappa shape index (κ1) is 47.3. The van der Waals surface area contributed by atoms with Crippen molar-refractivity contribution in [2.24, 2.45) is 0 Å². The Labute approximate surface area is 422 Å². The van der Waals surface area contributed by atoms with Crippen LogP contribution in [0.4, 0.5) is 0 Å². The first-order valence-corrected chi connectivity index (χ1v) is 23.6. The topological polar surface area (TPSA) is 35.9 Å². The number of pyridine rings is 1. The zero-order chi connectivity index (χ0) is 47.4. The van der Waals surface area contributed by atoms with E-state index in [1.807, 2.05) is 35.2 Å². The summed E-state index contributed by atoms with van der Waals surface area (Å²) in [4.78, 5) is 4.98. The molecule has 10 rings (SSSR count). The van der Waals surface area contributed by atoms with Crippen LogP contribution >= 0.6 is 0 Å². The second-order valence-corrected chi connectivity index (χ2v) is 20.7. The Hall–Kier alpha value is -6.81. The fourth-order valence-electron chi connectivity index (χ4n) is 9.65. The first-order chi connectivity index (χ1) is 32.6. The third-order valence-corrected chi connectivity index (χ3v) is 14.1. The number of benzene rings is 7. The van der Waals surface area contributed by atoms with Gasteiger partial charge in [-0.25, -0.2) is 4.98 Å². The summed E-state index contributed by atoms with van der Waals surface area (Å²) in [6, 6.07) is 67.7. The summed E-state index contributed by atoms with van der Waals surface area (Å²) in [7, 11) is 0. The van der Waals surface area contributed by atoms with Crippen molar-refractivity contribution in [1.82, 2.24) is 14.1 Å². The number of hydrogen-bond donors (Lipinski definition) is 0. The van der Waals surface area contributed by atoms with Crippen LogP contribution in [0.3, 0.4) is 0 Å². The Kier molecular flexibility index (Phi) is 12.5. The fourth-order valence-corrected chi connectivity index (χ4v) is 9.65. The molecule has 0 radical (unpaired) electrons. The van der Waals surface area contributed by atoms with Crippen LogP contribution < -0.4 is 9.30 Å². The summed E-state index contributed by atoms with van der Waals surface area (Å²) in [6.07, 6.45) is 9.64. The Balaban J connectivity index is 0.00000593. The van der Waals surface area contributed by atoms with Gasteiger partial charge in [0.15, 0.2) is 0 Å². The van der Waals surface area contributed by atoms with Crippen LogP contribution in [0, 0.1) is 18.5 Å². The Morgan fingerprint density at radius 2 is 1.10 bits per heavy atom. The van der Waals surface area contributed by atoms with Crippen molar-refractivity contribution in [3.63, 3.8) is 0 Å². The zero-order valence-corrected chi connectivity index (χ0v) is 43.2. The smallest absolute Gasteiger partial charge is 0.267 e. The molecular formula is C63H58N4OPt-2. The van der Waals surface area contributed by atoms with Crippen LogP contribution in [0.25, 0.3) is 39.0 Å². The van der Waals surface area contributed by atoms with Gasteiger partial charge in [-0.15, -0.1) is 29.8 Å². The molecule has 0 saturated heterocycles. The van der Waals surface area contributed by atoms with E-state index in [0.717, 1.165) is 44.6 Å². The maximum atomic E-state index is 6.89. The number of hydrogen-bond acceptors (Lipinski definition) is 2. The zero-order valence-electron chi connectivity index (χ0n) is 40.9. The van der Waals surface area contributed by atoms with Gasteiger partial charge in [0.2, 0.25) is 0 Å². The van der Waals surface area contributed by atoms with Crippen molar-refractivity contribution in [3.8, 4) is 28.7 Å². The fraction of sp³-hybridized carbons (Fsp3) is 0.206. The minimum Gasteiger partial charge on any atom is -0.510 e. The predicted molar refractivity (Wildman–Crippen MR) is 277 cm³/mol. The summed E-state index contributed by atoms with van der Waals surface area (Å²) >= 11 is 0. The van der Waals surface area contributed by atoms with Gasteiger partial charge in [0.25, 0.3) is 6.33 Å². The van der Waals surface area contributed by atoms with Crippen molar-refractivity contribution >= 4 is 21.8 Å². The second kappa shape index (κ2) is 18.3. The van der Waals surface area contributed by atoms with E-state index < -0.39 is 5.41 Å². The van der Waals surface area contributed by atoms with E-state index in [9.17, 15) is 0 Å². The van der Waals surface area contributed by atoms with Gasteiger partial charge in [0.05, 0.1) is 5.69 Å². The summed E-state index contributed by atoms with van der Waals surface area (Å²) < 4.78 is 13.2. The van der Waals surface area contributed by atoms with E-state index >= 15 is 0 Å². The third-order valence-electron chi connectivity index (χ3n) is 14.1. The van der Waals surface area contributed by atoms with Crippen LogP contribution in [0.1, 0.15) is 101 Å². The first-order valence-electron chi connectivity index (χ1n) is 23.6. The summed E-state index contributed by atoms with van der Waals surface area (Å²) in [6.45, 7) is 20.5. The van der Waals surface area contributed by atoms with Crippen molar-refractivity contribution in [2.75, 3.05) is 0 Å². The van der Waals surface area contributed by atoms with Crippen LogP contribution in [0.2, 0.25) is 0 Å². The molecule has 3 aromatic heterocycles. The minimum absolute atomic E-state index is 0. The van der Waals surface area contributed by atoms with Gasteiger partial charge in [0, 0.05) is 67.5 Å². The van der Waals surface area contributed by atoms with Gasteiger partial charge in [-0.1, -0.05) is 188 Å². The molecule has 3 heterocycles. The quantitative estimate of drug-likeness (QED) is 0.0956. The Morgan fingerprint density at radius 1 is 0.522 bits per heavy atom. The van der Waals surface area contributed by atoms with Gasteiger partial charge in [-0.3, -0.25) is 4.57 Å². The van der Waals surface area contributed by atoms with E-state index in [4.69, 9.17) is 9.72 Å². The van der Waals surface area contributed by atoms with E-state index in [1.165, 1.54) is 33.4 Å². The molecule has 0 spiro atoms. The van der Waals surface area contributed by atoms with E-state index in [0.29, 0.717) is 11.5 Å². The number of aromatic nitrogens is 4. The molecule has 0 unspecified atom stereocenters. The standard InChI is InChI=1S/C63H58N4O.Pt/c1-60(2,3)47-32-33-64-58(39-47)67-56-31-20-19-30-54(56)59-55(63(8,9)46-26-17-12-18-27-46)41-53(42-57(59)67)68-52-29-21-28-50(40-52)65-34-35-66(43-65)51-37-48(61(4,5)44-22-13-10-14-23-44)36-49(38-51)62(6,7)45-24-15-11-16-25-45;/h10-39,41H,1-9H3;/q-2;. The van der Waals surface area contributed by atoms with Crippen LogP contribution in [0.5, 0.6) is 11.5 Å². The minimum atomic E-state index is -0.397. The second-order valence-electron chi connectivity index (χ2n) is 20.7. The van der Waals surface area contributed by atoms with E-state index in [1.54, 1.807) is 0 Å². The Bertz CT molecular complexity index is 3360. The largest absolute Gasteiger partial charge is 0.510 e.